The number of thiophene rings is 1. The van der Waals surface area contributed by atoms with Crippen molar-refractivity contribution in [3.63, 3.8) is 0 Å². The third-order valence-electron chi connectivity index (χ3n) is 4.48. The van der Waals surface area contributed by atoms with E-state index >= 15 is 0 Å². The first kappa shape index (κ1) is 26.9. The number of esters is 2. The SMILES string of the molecule is CCOC(=O)c1sc(CC(=O)/C(C#N)=C/c2cc(I)c(O)c([N+](=O)[O-])c2)c(C(=O)OCC)c1C. The number of ether oxygens (including phenoxy) is 2. The van der Waals surface area contributed by atoms with Crippen LogP contribution in [0.1, 0.15) is 49.9 Å². The lowest BCUT2D eigenvalue weighted by atomic mass is 10.0. The molecule has 0 aliphatic rings. The summed E-state index contributed by atoms with van der Waals surface area (Å²) >= 11 is 2.60. The minimum absolute atomic E-state index is 0.0652. The number of nitro groups is 1. The Morgan fingerprint density at radius 3 is 2.41 bits per heavy atom. The highest BCUT2D eigenvalue weighted by molar-refractivity contribution is 14.1. The Balaban J connectivity index is 2.50. The van der Waals surface area contributed by atoms with Crippen LogP contribution >= 0.6 is 33.9 Å². The van der Waals surface area contributed by atoms with E-state index in [4.69, 9.17) is 9.47 Å². The highest BCUT2D eigenvalue weighted by Gasteiger charge is 2.28. The van der Waals surface area contributed by atoms with Gasteiger partial charge in [0, 0.05) is 17.4 Å². The maximum atomic E-state index is 12.9. The topological polar surface area (TPSA) is 157 Å². The van der Waals surface area contributed by atoms with Crippen molar-refractivity contribution < 1.29 is 33.9 Å². The highest BCUT2D eigenvalue weighted by Crippen LogP contribution is 2.34. The van der Waals surface area contributed by atoms with Crippen molar-refractivity contribution >= 4 is 63.4 Å². The summed E-state index contributed by atoms with van der Waals surface area (Å²) in [5.41, 5.74) is -0.347. The van der Waals surface area contributed by atoms with E-state index in [-0.39, 0.29) is 49.7 Å². The van der Waals surface area contributed by atoms with Crippen molar-refractivity contribution in [2.45, 2.75) is 27.2 Å². The molecule has 0 fully saturated rings. The molecule has 0 aliphatic carbocycles. The number of nitriles is 1. The van der Waals surface area contributed by atoms with Gasteiger partial charge in [0.2, 0.25) is 5.75 Å². The number of aromatic hydroxyl groups is 1. The average Bonchev–Trinajstić information content (AvgIpc) is 3.10. The van der Waals surface area contributed by atoms with Gasteiger partial charge in [-0.2, -0.15) is 5.26 Å². The zero-order valence-corrected chi connectivity index (χ0v) is 21.3. The van der Waals surface area contributed by atoms with Crippen LogP contribution in [0.4, 0.5) is 5.69 Å². The third-order valence-corrected chi connectivity index (χ3v) is 6.57. The Kier molecular flexibility index (Phi) is 9.28. The maximum Gasteiger partial charge on any atom is 0.348 e. The molecule has 0 unspecified atom stereocenters. The maximum absolute atomic E-state index is 12.9. The Labute approximate surface area is 212 Å². The number of hydrogen-bond acceptors (Lipinski definition) is 10. The summed E-state index contributed by atoms with van der Waals surface area (Å²) in [4.78, 5) is 48.5. The Bertz CT molecular complexity index is 1240. The van der Waals surface area contributed by atoms with Crippen LogP contribution in [-0.2, 0) is 20.7 Å². The number of nitro benzene ring substituents is 1. The number of rotatable bonds is 9. The Hall–Kier alpha value is -3.31. The summed E-state index contributed by atoms with van der Waals surface area (Å²) in [6.45, 7) is 5.00. The predicted octanol–water partition coefficient (Wildman–Crippen LogP) is 4.35. The summed E-state index contributed by atoms with van der Waals surface area (Å²) in [5, 5.41) is 30.5. The number of allylic oxidation sites excluding steroid dienone is 1. The largest absolute Gasteiger partial charge is 0.501 e. The molecule has 12 heteroatoms. The summed E-state index contributed by atoms with van der Waals surface area (Å²) in [6, 6.07) is 4.19. The van der Waals surface area contributed by atoms with Gasteiger partial charge in [-0.15, -0.1) is 11.3 Å². The lowest BCUT2D eigenvalue weighted by Gasteiger charge is -2.05. The molecule has 1 heterocycles. The zero-order chi connectivity index (χ0) is 25.6. The fourth-order valence-electron chi connectivity index (χ4n) is 2.97. The lowest BCUT2D eigenvalue weighted by molar-refractivity contribution is -0.386. The quantitative estimate of drug-likeness (QED) is 0.111. The van der Waals surface area contributed by atoms with E-state index in [1.807, 2.05) is 0 Å². The number of phenols is 1. The van der Waals surface area contributed by atoms with Gasteiger partial charge in [0.25, 0.3) is 0 Å². The molecule has 0 atom stereocenters. The van der Waals surface area contributed by atoms with Crippen molar-refractivity contribution in [3.05, 3.63) is 57.8 Å². The number of hydrogen-bond donors (Lipinski definition) is 1. The first-order valence-corrected chi connectivity index (χ1v) is 11.7. The van der Waals surface area contributed by atoms with Crippen LogP contribution in [0.25, 0.3) is 6.08 Å². The van der Waals surface area contributed by atoms with Crippen molar-refractivity contribution in [1.29, 1.82) is 5.26 Å². The van der Waals surface area contributed by atoms with Crippen LogP contribution in [0.5, 0.6) is 5.75 Å². The standard InChI is InChI=1S/C22H19IN2O8S/c1-4-32-21(28)18-11(3)20(22(29)33-5-2)34-17(18)9-16(26)13(10-24)6-12-7-14(23)19(27)15(8-12)25(30)31/h6-8,27H,4-5,9H2,1-3H3/b13-6+. The molecule has 34 heavy (non-hydrogen) atoms. The van der Waals surface area contributed by atoms with E-state index in [1.54, 1.807) is 49.4 Å². The summed E-state index contributed by atoms with van der Waals surface area (Å²) < 4.78 is 10.2. The molecule has 0 radical (unpaired) electrons. The lowest BCUT2D eigenvalue weighted by Crippen LogP contribution is -2.12. The van der Waals surface area contributed by atoms with E-state index < -0.39 is 34.1 Å². The molecule has 2 rings (SSSR count). The minimum atomic E-state index is -0.778. The van der Waals surface area contributed by atoms with E-state index in [1.165, 1.54) is 6.07 Å². The molecule has 10 nitrogen and oxygen atoms in total. The van der Waals surface area contributed by atoms with Crippen molar-refractivity contribution in [1.82, 2.24) is 0 Å². The molecule has 0 bridgehead atoms. The second-order valence-electron chi connectivity index (χ2n) is 6.69. The summed E-state index contributed by atoms with van der Waals surface area (Å²) in [6.07, 6.45) is 0.781. The molecule has 2 aromatic rings. The molecule has 0 spiro atoms. The van der Waals surface area contributed by atoms with E-state index in [0.29, 0.717) is 5.56 Å². The molecule has 0 saturated heterocycles. The smallest absolute Gasteiger partial charge is 0.348 e. The Morgan fingerprint density at radius 2 is 1.85 bits per heavy atom. The van der Waals surface area contributed by atoms with Crippen LogP contribution in [0.3, 0.4) is 0 Å². The van der Waals surface area contributed by atoms with Crippen LogP contribution in [0.15, 0.2) is 17.7 Å². The zero-order valence-electron chi connectivity index (χ0n) is 18.3. The number of halogens is 1. The highest BCUT2D eigenvalue weighted by atomic mass is 127. The van der Waals surface area contributed by atoms with E-state index in [2.05, 4.69) is 0 Å². The first-order valence-electron chi connectivity index (χ1n) is 9.83. The van der Waals surface area contributed by atoms with Gasteiger partial charge in [-0.1, -0.05) is 0 Å². The molecule has 0 saturated carbocycles. The Morgan fingerprint density at radius 1 is 1.24 bits per heavy atom. The van der Waals surface area contributed by atoms with Crippen LogP contribution in [0, 0.1) is 31.9 Å². The van der Waals surface area contributed by atoms with Gasteiger partial charge in [0.1, 0.15) is 10.9 Å². The first-order chi connectivity index (χ1) is 16.0. The molecule has 0 aliphatic heterocycles. The molecular weight excluding hydrogens is 579 g/mol. The second-order valence-corrected chi connectivity index (χ2v) is 8.96. The van der Waals surface area contributed by atoms with Gasteiger partial charge in [0.05, 0.1) is 32.8 Å². The minimum Gasteiger partial charge on any atom is -0.501 e. The molecular formula is C22H19IN2O8S. The van der Waals surface area contributed by atoms with Crippen LogP contribution in [0.2, 0.25) is 0 Å². The van der Waals surface area contributed by atoms with E-state index in [0.717, 1.165) is 23.5 Å². The number of benzene rings is 1. The fraction of sp³-hybridized carbons (Fsp3) is 0.273. The molecule has 178 valence electrons. The van der Waals surface area contributed by atoms with Gasteiger partial charge in [0.15, 0.2) is 5.78 Å². The van der Waals surface area contributed by atoms with Gasteiger partial charge in [-0.05, 0) is 66.6 Å². The number of ketones is 1. The summed E-state index contributed by atoms with van der Waals surface area (Å²) in [5.74, 6) is -2.54. The molecule has 1 aromatic carbocycles. The third kappa shape index (κ3) is 5.97. The van der Waals surface area contributed by atoms with Crippen LogP contribution in [-0.4, -0.2) is 41.0 Å². The number of phenolic OH excluding ortho intramolecular Hbond substituents is 1. The van der Waals surface area contributed by atoms with Crippen molar-refractivity contribution in [2.75, 3.05) is 13.2 Å². The molecule has 0 amide bonds. The number of nitrogens with zero attached hydrogens (tertiary/aromatic N) is 2. The van der Waals surface area contributed by atoms with Crippen molar-refractivity contribution in [3.8, 4) is 11.8 Å². The van der Waals surface area contributed by atoms with Gasteiger partial charge in [-0.3, -0.25) is 14.9 Å². The van der Waals surface area contributed by atoms with Gasteiger partial charge >= 0.3 is 17.6 Å². The van der Waals surface area contributed by atoms with Crippen molar-refractivity contribution in [2.24, 2.45) is 0 Å². The fourth-order valence-corrected chi connectivity index (χ4v) is 4.79. The predicted molar refractivity (Wildman–Crippen MR) is 131 cm³/mol. The number of carbonyl (C=O) groups is 3. The van der Waals surface area contributed by atoms with Crippen LogP contribution < -0.4 is 0 Å². The van der Waals surface area contributed by atoms with E-state index in [9.17, 15) is 34.9 Å². The summed E-state index contributed by atoms with van der Waals surface area (Å²) in [7, 11) is 0. The monoisotopic (exact) mass is 598 g/mol. The normalized spacial score (nSPS) is 11.0. The van der Waals surface area contributed by atoms with Gasteiger partial charge < -0.3 is 14.6 Å². The average molecular weight is 598 g/mol. The second kappa shape index (κ2) is 11.7. The number of carbonyl (C=O) groups excluding carboxylic acids is 3. The van der Waals surface area contributed by atoms with Gasteiger partial charge in [-0.25, -0.2) is 9.59 Å². The molecule has 1 N–H and O–H groups in total. The molecule has 1 aromatic heterocycles. The number of Topliss-reactive ketones (excluding diaryl/α,β-unsaturated/α-hetero) is 1.